The highest BCUT2D eigenvalue weighted by Gasteiger charge is 2.20. The molecule has 2 aliphatic rings. The predicted molar refractivity (Wildman–Crippen MR) is 108 cm³/mol. The first-order chi connectivity index (χ1) is 12.8. The van der Waals surface area contributed by atoms with Crippen LogP contribution in [0.2, 0.25) is 0 Å². The number of piperidine rings is 1. The van der Waals surface area contributed by atoms with Gasteiger partial charge in [0.25, 0.3) is 5.56 Å². The average molecular weight is 370 g/mol. The van der Waals surface area contributed by atoms with E-state index in [-0.39, 0.29) is 5.56 Å². The average Bonchev–Trinajstić information content (AvgIpc) is 2.69. The summed E-state index contributed by atoms with van der Waals surface area (Å²) in [5.74, 6) is 3.48. The molecule has 138 valence electrons. The van der Waals surface area contributed by atoms with Crippen LogP contribution in [-0.2, 0) is 18.6 Å². The van der Waals surface area contributed by atoms with Crippen LogP contribution in [0.5, 0.6) is 0 Å². The van der Waals surface area contributed by atoms with Gasteiger partial charge in [0.1, 0.15) is 5.82 Å². The van der Waals surface area contributed by atoms with Crippen molar-refractivity contribution in [3.05, 3.63) is 63.3 Å². The first-order valence-corrected chi connectivity index (χ1v) is 10.9. The molecule has 1 aromatic heterocycles. The number of rotatable bonds is 5. The second kappa shape index (κ2) is 8.40. The SMILES string of the molecule is O=c1[nH]c(CCCN2CCC(c3ccccc3)CC2)nc2c1CSCC2. The molecule has 0 amide bonds. The van der Waals surface area contributed by atoms with Gasteiger partial charge in [-0.2, -0.15) is 11.8 Å². The van der Waals surface area contributed by atoms with Gasteiger partial charge in [-0.1, -0.05) is 30.3 Å². The van der Waals surface area contributed by atoms with Crippen LogP contribution in [0.4, 0.5) is 0 Å². The molecule has 1 saturated heterocycles. The van der Waals surface area contributed by atoms with Crippen molar-refractivity contribution in [3.8, 4) is 0 Å². The molecule has 0 aliphatic carbocycles. The zero-order valence-electron chi connectivity index (χ0n) is 15.2. The van der Waals surface area contributed by atoms with E-state index in [1.807, 2.05) is 11.8 Å². The summed E-state index contributed by atoms with van der Waals surface area (Å²) in [5.41, 5.74) is 3.50. The number of nitrogens with zero attached hydrogens (tertiary/aromatic N) is 2. The van der Waals surface area contributed by atoms with E-state index in [0.717, 1.165) is 54.4 Å². The van der Waals surface area contributed by atoms with E-state index in [0.29, 0.717) is 5.92 Å². The molecule has 5 heteroatoms. The lowest BCUT2D eigenvalue weighted by Gasteiger charge is -2.32. The number of H-pyrrole nitrogens is 1. The Hall–Kier alpha value is -1.59. The molecule has 0 atom stereocenters. The molecular weight excluding hydrogens is 342 g/mol. The standard InChI is InChI=1S/C21H27N3OS/c25-21-18-15-26-14-10-19(18)22-20(23-21)7-4-11-24-12-8-17(9-13-24)16-5-2-1-3-6-16/h1-3,5-6,17H,4,7-15H2,(H,22,23,25). The fourth-order valence-electron chi connectivity index (χ4n) is 4.10. The minimum Gasteiger partial charge on any atom is -0.310 e. The van der Waals surface area contributed by atoms with Crippen LogP contribution < -0.4 is 5.56 Å². The molecule has 4 nitrogen and oxygen atoms in total. The molecule has 1 fully saturated rings. The van der Waals surface area contributed by atoms with Crippen LogP contribution >= 0.6 is 11.8 Å². The quantitative estimate of drug-likeness (QED) is 0.878. The lowest BCUT2D eigenvalue weighted by atomic mass is 9.89. The van der Waals surface area contributed by atoms with Crippen molar-refractivity contribution in [2.45, 2.75) is 43.8 Å². The monoisotopic (exact) mass is 369 g/mol. The predicted octanol–water partition coefficient (Wildman–Crippen LogP) is 3.37. The van der Waals surface area contributed by atoms with Gasteiger partial charge in [0, 0.05) is 17.7 Å². The Bertz CT molecular complexity index is 782. The van der Waals surface area contributed by atoms with Crippen molar-refractivity contribution in [1.29, 1.82) is 0 Å². The largest absolute Gasteiger partial charge is 0.310 e. The van der Waals surface area contributed by atoms with E-state index >= 15 is 0 Å². The number of aromatic nitrogens is 2. The topological polar surface area (TPSA) is 49.0 Å². The van der Waals surface area contributed by atoms with Gasteiger partial charge in [0.05, 0.1) is 5.69 Å². The van der Waals surface area contributed by atoms with Crippen molar-refractivity contribution in [3.63, 3.8) is 0 Å². The third-order valence-electron chi connectivity index (χ3n) is 5.63. The number of hydrogen-bond donors (Lipinski definition) is 1. The van der Waals surface area contributed by atoms with Gasteiger partial charge in [0.2, 0.25) is 0 Å². The Labute approximate surface area is 159 Å². The maximum absolute atomic E-state index is 12.2. The van der Waals surface area contributed by atoms with Gasteiger partial charge in [-0.25, -0.2) is 4.98 Å². The molecule has 1 aromatic carbocycles. The number of aryl methyl sites for hydroxylation is 2. The third-order valence-corrected chi connectivity index (χ3v) is 6.61. The van der Waals surface area contributed by atoms with Gasteiger partial charge < -0.3 is 9.88 Å². The zero-order valence-corrected chi connectivity index (χ0v) is 16.1. The fraction of sp³-hybridized carbons (Fsp3) is 0.524. The molecule has 26 heavy (non-hydrogen) atoms. The number of fused-ring (bicyclic) bond motifs is 1. The van der Waals surface area contributed by atoms with E-state index in [9.17, 15) is 4.79 Å². The van der Waals surface area contributed by atoms with Crippen LogP contribution in [0, 0.1) is 0 Å². The van der Waals surface area contributed by atoms with Crippen molar-refractivity contribution >= 4 is 11.8 Å². The van der Waals surface area contributed by atoms with Gasteiger partial charge in [0.15, 0.2) is 0 Å². The number of hydrogen-bond acceptors (Lipinski definition) is 4. The number of benzene rings is 1. The maximum atomic E-state index is 12.2. The first kappa shape index (κ1) is 17.8. The molecule has 2 aromatic rings. The van der Waals surface area contributed by atoms with Crippen LogP contribution in [0.25, 0.3) is 0 Å². The number of nitrogens with one attached hydrogen (secondary N) is 1. The Balaban J connectivity index is 1.26. The highest BCUT2D eigenvalue weighted by molar-refractivity contribution is 7.98. The van der Waals surface area contributed by atoms with Crippen molar-refractivity contribution in [1.82, 2.24) is 14.9 Å². The van der Waals surface area contributed by atoms with Crippen LogP contribution in [0.3, 0.4) is 0 Å². The smallest absolute Gasteiger partial charge is 0.255 e. The van der Waals surface area contributed by atoms with Crippen LogP contribution in [-0.4, -0.2) is 40.3 Å². The normalized spacial score (nSPS) is 18.6. The third kappa shape index (κ3) is 4.21. The minimum atomic E-state index is 0.0841. The maximum Gasteiger partial charge on any atom is 0.255 e. The van der Waals surface area contributed by atoms with E-state index in [1.165, 1.54) is 31.5 Å². The van der Waals surface area contributed by atoms with Gasteiger partial charge in [-0.15, -0.1) is 0 Å². The Morgan fingerprint density at radius 3 is 2.81 bits per heavy atom. The summed E-state index contributed by atoms with van der Waals surface area (Å²) in [6.45, 7) is 3.44. The second-order valence-corrected chi connectivity index (χ2v) is 8.48. The fourth-order valence-corrected chi connectivity index (χ4v) is 5.08. The summed E-state index contributed by atoms with van der Waals surface area (Å²) in [6.07, 6.45) is 5.36. The van der Waals surface area contributed by atoms with Gasteiger partial charge in [-0.3, -0.25) is 4.79 Å². The Kier molecular flexibility index (Phi) is 5.75. The molecule has 0 unspecified atom stereocenters. The van der Waals surface area contributed by atoms with E-state index in [4.69, 9.17) is 4.98 Å². The van der Waals surface area contributed by atoms with E-state index in [1.54, 1.807) is 0 Å². The van der Waals surface area contributed by atoms with Gasteiger partial charge >= 0.3 is 0 Å². The summed E-state index contributed by atoms with van der Waals surface area (Å²) in [6, 6.07) is 10.9. The number of aromatic amines is 1. The highest BCUT2D eigenvalue weighted by Crippen LogP contribution is 2.27. The lowest BCUT2D eigenvalue weighted by molar-refractivity contribution is 0.210. The Morgan fingerprint density at radius 1 is 1.19 bits per heavy atom. The molecule has 0 radical (unpaired) electrons. The molecule has 4 rings (SSSR count). The molecule has 3 heterocycles. The second-order valence-electron chi connectivity index (χ2n) is 7.37. The summed E-state index contributed by atoms with van der Waals surface area (Å²) in [5, 5.41) is 0. The van der Waals surface area contributed by atoms with Crippen molar-refractivity contribution in [2.75, 3.05) is 25.4 Å². The zero-order chi connectivity index (χ0) is 17.8. The molecular formula is C21H27N3OS. The van der Waals surface area contributed by atoms with E-state index < -0.39 is 0 Å². The number of thioether (sulfide) groups is 1. The summed E-state index contributed by atoms with van der Waals surface area (Å²) < 4.78 is 0. The van der Waals surface area contributed by atoms with E-state index in [2.05, 4.69) is 40.2 Å². The molecule has 0 bridgehead atoms. The minimum absolute atomic E-state index is 0.0841. The van der Waals surface area contributed by atoms with Crippen molar-refractivity contribution in [2.24, 2.45) is 0 Å². The summed E-state index contributed by atoms with van der Waals surface area (Å²) >= 11 is 1.83. The van der Waals surface area contributed by atoms with Crippen LogP contribution in [0.15, 0.2) is 35.1 Å². The van der Waals surface area contributed by atoms with Crippen molar-refractivity contribution < 1.29 is 0 Å². The van der Waals surface area contributed by atoms with Gasteiger partial charge in [-0.05, 0) is 62.6 Å². The molecule has 0 spiro atoms. The Morgan fingerprint density at radius 2 is 2.00 bits per heavy atom. The van der Waals surface area contributed by atoms with Crippen LogP contribution in [0.1, 0.15) is 47.8 Å². The number of likely N-dealkylation sites (tertiary alicyclic amines) is 1. The summed E-state index contributed by atoms with van der Waals surface area (Å²) in [7, 11) is 0. The first-order valence-electron chi connectivity index (χ1n) is 9.75. The summed E-state index contributed by atoms with van der Waals surface area (Å²) in [4.78, 5) is 22.5. The lowest BCUT2D eigenvalue weighted by Crippen LogP contribution is -2.34. The molecule has 0 saturated carbocycles. The molecule has 2 aliphatic heterocycles. The highest BCUT2D eigenvalue weighted by atomic mass is 32.2. The molecule has 1 N–H and O–H groups in total.